The summed E-state index contributed by atoms with van der Waals surface area (Å²) >= 11 is 0. The van der Waals surface area contributed by atoms with Crippen molar-refractivity contribution in [2.24, 2.45) is 5.92 Å². The van der Waals surface area contributed by atoms with E-state index in [0.717, 1.165) is 22.6 Å². The zero-order valence-corrected chi connectivity index (χ0v) is 26.3. The minimum atomic E-state index is -4.13. The fourth-order valence-corrected chi connectivity index (χ4v) is 4.51. The molecule has 0 unspecified atom stereocenters. The van der Waals surface area contributed by atoms with Crippen molar-refractivity contribution in [3.8, 4) is 11.1 Å². The number of hydrogen-bond acceptors (Lipinski definition) is 4. The van der Waals surface area contributed by atoms with Crippen LogP contribution in [0, 0.1) is 11.7 Å². The second kappa shape index (κ2) is 18.9. The van der Waals surface area contributed by atoms with Crippen LogP contribution in [0.25, 0.3) is 11.1 Å². The summed E-state index contributed by atoms with van der Waals surface area (Å²) in [4.78, 5) is 24.2. The standard InChI is InChI=1S/C24H23FN2O5S.C6H12.C4H10/c25-21-10-6-18(7-11-21)19-8-12-22(13-9-19)27-23(28)14-3-17-1-4-20(5-2-17)24(29)26-15-16-33(30,31)32;1-2-4-6-5-3-1;1-4(2)3/h1-2,4-13H,3,14-16H2,(H,26,29)(H,27,28)(H,30,31,32);1-6H2;4H,1-3H3. The lowest BCUT2D eigenvalue weighted by molar-refractivity contribution is -0.116. The first-order chi connectivity index (χ1) is 20.4. The van der Waals surface area contributed by atoms with Gasteiger partial charge in [0.05, 0.1) is 5.75 Å². The van der Waals surface area contributed by atoms with E-state index in [1.54, 1.807) is 48.5 Å². The van der Waals surface area contributed by atoms with Crippen LogP contribution in [0.4, 0.5) is 10.1 Å². The number of halogens is 1. The van der Waals surface area contributed by atoms with E-state index in [9.17, 15) is 22.4 Å². The summed E-state index contributed by atoms with van der Waals surface area (Å²) in [5, 5.41) is 5.24. The van der Waals surface area contributed by atoms with Crippen molar-refractivity contribution < 1.29 is 27.0 Å². The molecule has 1 aliphatic rings. The molecule has 1 fully saturated rings. The molecule has 43 heavy (non-hydrogen) atoms. The Morgan fingerprint density at radius 3 is 1.72 bits per heavy atom. The molecule has 0 atom stereocenters. The van der Waals surface area contributed by atoms with Crippen molar-refractivity contribution in [1.82, 2.24) is 5.32 Å². The van der Waals surface area contributed by atoms with Crippen molar-refractivity contribution in [3.63, 3.8) is 0 Å². The Hall–Kier alpha value is -3.56. The third-order valence-electron chi connectivity index (χ3n) is 6.35. The fraction of sp³-hybridized carbons (Fsp3) is 0.412. The van der Waals surface area contributed by atoms with Gasteiger partial charge in [-0.05, 0) is 65.4 Å². The highest BCUT2D eigenvalue weighted by molar-refractivity contribution is 7.85. The maximum absolute atomic E-state index is 13.0. The molecule has 0 spiro atoms. The number of aryl methyl sites for hydroxylation is 1. The summed E-state index contributed by atoms with van der Waals surface area (Å²) in [5.74, 6) is -0.624. The second-order valence-corrected chi connectivity index (χ2v) is 12.8. The summed E-state index contributed by atoms with van der Waals surface area (Å²) in [6.07, 6.45) is 9.73. The van der Waals surface area contributed by atoms with Gasteiger partial charge in [0, 0.05) is 24.2 Å². The van der Waals surface area contributed by atoms with Gasteiger partial charge in [-0.3, -0.25) is 14.1 Å². The number of nitrogens with one attached hydrogen (secondary N) is 2. The van der Waals surface area contributed by atoms with E-state index in [1.165, 1.54) is 50.7 Å². The molecule has 4 rings (SSSR count). The van der Waals surface area contributed by atoms with Gasteiger partial charge in [-0.15, -0.1) is 0 Å². The quantitative estimate of drug-likeness (QED) is 0.215. The molecule has 3 aromatic rings. The van der Waals surface area contributed by atoms with Crippen molar-refractivity contribution in [2.75, 3.05) is 17.6 Å². The number of amides is 2. The average molecular weight is 613 g/mol. The lowest BCUT2D eigenvalue weighted by Gasteiger charge is -2.08. The number of hydrogen-bond donors (Lipinski definition) is 3. The van der Waals surface area contributed by atoms with E-state index < -0.39 is 21.8 Å². The van der Waals surface area contributed by atoms with Crippen LogP contribution >= 0.6 is 0 Å². The zero-order valence-electron chi connectivity index (χ0n) is 25.4. The molecule has 234 valence electrons. The third-order valence-corrected chi connectivity index (χ3v) is 7.07. The summed E-state index contributed by atoms with van der Waals surface area (Å²) in [7, 11) is -4.13. The van der Waals surface area contributed by atoms with Gasteiger partial charge < -0.3 is 10.6 Å². The third kappa shape index (κ3) is 16.0. The summed E-state index contributed by atoms with van der Waals surface area (Å²) < 4.78 is 43.1. The monoisotopic (exact) mass is 612 g/mol. The largest absolute Gasteiger partial charge is 0.351 e. The SMILES string of the molecule is C1CCCCC1.CC(C)C.O=C(CCc1ccc(C(=O)NCCS(=O)(=O)O)cc1)Nc1ccc(-c2ccc(F)cc2)cc1. The van der Waals surface area contributed by atoms with Gasteiger partial charge in [-0.1, -0.05) is 95.7 Å². The highest BCUT2D eigenvalue weighted by atomic mass is 32.2. The zero-order chi connectivity index (χ0) is 31.7. The Morgan fingerprint density at radius 1 is 0.791 bits per heavy atom. The molecule has 0 radical (unpaired) electrons. The maximum atomic E-state index is 13.0. The number of rotatable bonds is 9. The predicted octanol–water partition coefficient (Wildman–Crippen LogP) is 7.68. The van der Waals surface area contributed by atoms with Crippen LogP contribution in [0.15, 0.2) is 72.8 Å². The van der Waals surface area contributed by atoms with Crippen molar-refractivity contribution in [3.05, 3.63) is 89.7 Å². The Bertz CT molecular complexity index is 1340. The smallest absolute Gasteiger partial charge is 0.266 e. The summed E-state index contributed by atoms with van der Waals surface area (Å²) in [6, 6.07) is 20.1. The van der Waals surface area contributed by atoms with E-state index in [1.807, 2.05) is 12.1 Å². The minimum Gasteiger partial charge on any atom is -0.351 e. The molecule has 0 aliphatic heterocycles. The molecule has 0 heterocycles. The van der Waals surface area contributed by atoms with E-state index in [0.29, 0.717) is 17.7 Å². The van der Waals surface area contributed by atoms with Gasteiger partial charge in [0.25, 0.3) is 16.0 Å². The molecular weight excluding hydrogens is 567 g/mol. The number of carbonyl (C=O) groups excluding carboxylic acids is 2. The fourth-order valence-electron chi connectivity index (χ4n) is 4.15. The second-order valence-electron chi connectivity index (χ2n) is 11.2. The molecule has 0 bridgehead atoms. The highest BCUT2D eigenvalue weighted by Crippen LogP contribution is 2.22. The van der Waals surface area contributed by atoms with Crippen LogP contribution in [-0.4, -0.2) is 37.1 Å². The van der Waals surface area contributed by atoms with Crippen LogP contribution in [0.5, 0.6) is 0 Å². The van der Waals surface area contributed by atoms with Crippen LogP contribution in [-0.2, 0) is 21.3 Å². The Balaban J connectivity index is 0.000000548. The van der Waals surface area contributed by atoms with Gasteiger partial charge in [0.15, 0.2) is 0 Å². The molecular formula is C34H45FN2O5S. The first-order valence-corrected chi connectivity index (χ1v) is 16.5. The lowest BCUT2D eigenvalue weighted by Crippen LogP contribution is -2.28. The average Bonchev–Trinajstić information content (AvgIpc) is 2.97. The van der Waals surface area contributed by atoms with Gasteiger partial charge in [0.2, 0.25) is 5.91 Å². The lowest BCUT2D eigenvalue weighted by atomic mass is 10.0. The molecule has 1 aliphatic carbocycles. The first kappa shape index (κ1) is 35.6. The van der Waals surface area contributed by atoms with E-state index in [2.05, 4.69) is 31.4 Å². The summed E-state index contributed by atoms with van der Waals surface area (Å²) in [6.45, 7) is 6.31. The minimum absolute atomic E-state index is 0.156. The molecule has 0 saturated heterocycles. The molecule has 7 nitrogen and oxygen atoms in total. The van der Waals surface area contributed by atoms with Crippen molar-refractivity contribution >= 4 is 27.6 Å². The van der Waals surface area contributed by atoms with Crippen molar-refractivity contribution in [1.29, 1.82) is 0 Å². The van der Waals surface area contributed by atoms with Gasteiger partial charge in [-0.25, -0.2) is 4.39 Å². The normalized spacial score (nSPS) is 12.7. The highest BCUT2D eigenvalue weighted by Gasteiger charge is 2.09. The van der Waals surface area contributed by atoms with E-state index >= 15 is 0 Å². The van der Waals surface area contributed by atoms with Crippen LogP contribution in [0.2, 0.25) is 0 Å². The first-order valence-electron chi connectivity index (χ1n) is 14.9. The van der Waals surface area contributed by atoms with Crippen LogP contribution in [0.3, 0.4) is 0 Å². The predicted molar refractivity (Wildman–Crippen MR) is 172 cm³/mol. The number of carbonyl (C=O) groups is 2. The number of benzene rings is 3. The van der Waals surface area contributed by atoms with E-state index in [4.69, 9.17) is 4.55 Å². The topological polar surface area (TPSA) is 113 Å². The Kier molecular flexibility index (Phi) is 15.6. The molecule has 3 N–H and O–H groups in total. The molecule has 1 saturated carbocycles. The van der Waals surface area contributed by atoms with Crippen LogP contribution < -0.4 is 10.6 Å². The Morgan fingerprint density at radius 2 is 1.26 bits per heavy atom. The maximum Gasteiger partial charge on any atom is 0.266 e. The van der Waals surface area contributed by atoms with E-state index in [-0.39, 0.29) is 24.7 Å². The molecule has 9 heteroatoms. The molecule has 2 amide bonds. The van der Waals surface area contributed by atoms with Crippen molar-refractivity contribution in [2.45, 2.75) is 72.1 Å². The Labute approximate surface area is 256 Å². The molecule has 3 aromatic carbocycles. The number of anilines is 1. The van der Waals surface area contributed by atoms with Gasteiger partial charge in [0.1, 0.15) is 5.82 Å². The van der Waals surface area contributed by atoms with Crippen LogP contribution in [0.1, 0.15) is 81.6 Å². The van der Waals surface area contributed by atoms with Gasteiger partial charge in [-0.2, -0.15) is 8.42 Å². The van der Waals surface area contributed by atoms with Gasteiger partial charge >= 0.3 is 0 Å². The summed E-state index contributed by atoms with van der Waals surface area (Å²) in [5.41, 5.74) is 3.66. The molecule has 0 aromatic heterocycles.